The Morgan fingerprint density at radius 1 is 0.267 bits per heavy atom. The summed E-state index contributed by atoms with van der Waals surface area (Å²) in [5.74, 6) is 0. The van der Waals surface area contributed by atoms with E-state index < -0.39 is 0 Å². The van der Waals surface area contributed by atoms with Gasteiger partial charge in [-0.1, -0.05) is 140 Å². The average molecular weight is 767 g/mol. The van der Waals surface area contributed by atoms with Gasteiger partial charge in [-0.3, -0.25) is 0 Å². The highest BCUT2D eigenvalue weighted by molar-refractivity contribution is 6.21. The number of hydrogen-bond donors (Lipinski definition) is 4. The Hall–Kier alpha value is -7.82. The van der Waals surface area contributed by atoms with Crippen molar-refractivity contribution in [1.29, 1.82) is 0 Å². The van der Waals surface area contributed by atoms with E-state index in [1.807, 2.05) is 0 Å². The second-order valence-corrected chi connectivity index (χ2v) is 16.3. The van der Waals surface area contributed by atoms with Gasteiger partial charge in [-0.05, 0) is 99.8 Å². The molecule has 0 atom stereocenters. The topological polar surface area (TPSA) is 63.2 Å². The largest absolute Gasteiger partial charge is 0.355 e. The molecule has 0 saturated carbocycles. The first-order valence-electron chi connectivity index (χ1n) is 20.9. The highest BCUT2D eigenvalue weighted by Crippen LogP contribution is 2.43. The molecule has 0 aliphatic heterocycles. The molecule has 4 N–H and O–H groups in total. The number of fused-ring (bicyclic) bond motifs is 20. The van der Waals surface area contributed by atoms with Crippen LogP contribution in [0, 0.1) is 0 Å². The quantitative estimate of drug-likeness (QED) is 0.119. The van der Waals surface area contributed by atoms with Crippen LogP contribution in [-0.2, 0) is 12.8 Å². The molecule has 0 spiro atoms. The van der Waals surface area contributed by atoms with Crippen LogP contribution in [0.25, 0.3) is 109 Å². The van der Waals surface area contributed by atoms with Crippen molar-refractivity contribution < 1.29 is 0 Å². The maximum absolute atomic E-state index is 3.55. The molecule has 0 bridgehead atoms. The van der Waals surface area contributed by atoms with Crippen molar-refractivity contribution >= 4 is 87.2 Å². The first-order chi connectivity index (χ1) is 29.7. The van der Waals surface area contributed by atoms with Crippen LogP contribution >= 0.6 is 0 Å². The summed E-state index contributed by atoms with van der Waals surface area (Å²) in [7, 11) is 0. The number of para-hydroxylation sites is 4. The number of nitrogens with one attached hydrogen (secondary N) is 4. The molecular weight excluding hydrogens is 729 g/mol. The fourth-order valence-electron chi connectivity index (χ4n) is 10.3. The molecular formula is C56H38N4. The van der Waals surface area contributed by atoms with Crippen molar-refractivity contribution in [2.45, 2.75) is 12.8 Å². The van der Waals surface area contributed by atoms with Gasteiger partial charge in [0.15, 0.2) is 0 Å². The summed E-state index contributed by atoms with van der Waals surface area (Å²) < 4.78 is 0. The molecule has 0 amide bonds. The predicted octanol–water partition coefficient (Wildman–Crippen LogP) is 14.7. The van der Waals surface area contributed by atoms with Crippen LogP contribution in [0.5, 0.6) is 0 Å². The maximum Gasteiger partial charge on any atom is 0.0710 e. The van der Waals surface area contributed by atoms with Gasteiger partial charge in [0, 0.05) is 76.2 Å². The Kier molecular flexibility index (Phi) is 7.10. The summed E-state index contributed by atoms with van der Waals surface area (Å²) in [6, 6.07) is 65.1. The second kappa shape index (κ2) is 12.8. The number of benzene rings is 9. The summed E-state index contributed by atoms with van der Waals surface area (Å²) >= 11 is 0. The minimum atomic E-state index is 1.05. The number of H-pyrrole nitrogens is 4. The van der Waals surface area contributed by atoms with Gasteiger partial charge in [0.05, 0.1) is 11.0 Å². The van der Waals surface area contributed by atoms with E-state index in [1.54, 1.807) is 0 Å². The van der Waals surface area contributed by atoms with Crippen molar-refractivity contribution in [3.05, 3.63) is 204 Å². The molecule has 2 aliphatic rings. The van der Waals surface area contributed by atoms with Crippen LogP contribution < -0.4 is 0 Å². The van der Waals surface area contributed by atoms with Crippen molar-refractivity contribution in [3.8, 4) is 22.3 Å². The molecule has 0 unspecified atom stereocenters. The second-order valence-electron chi connectivity index (χ2n) is 16.3. The highest BCUT2D eigenvalue weighted by Gasteiger charge is 2.22. The van der Waals surface area contributed by atoms with Crippen molar-refractivity contribution in [3.63, 3.8) is 0 Å². The van der Waals surface area contributed by atoms with Gasteiger partial charge in [-0.15, -0.1) is 0 Å². The third kappa shape index (κ3) is 4.98. The van der Waals surface area contributed by atoms with Gasteiger partial charge >= 0.3 is 0 Å². The lowest BCUT2D eigenvalue weighted by molar-refractivity contribution is 1.27. The number of aromatic amines is 4. The normalized spacial score (nSPS) is 12.5. The monoisotopic (exact) mass is 766 g/mol. The van der Waals surface area contributed by atoms with E-state index in [-0.39, 0.29) is 0 Å². The number of aromatic nitrogens is 4. The fourth-order valence-corrected chi connectivity index (χ4v) is 10.3. The zero-order valence-corrected chi connectivity index (χ0v) is 32.7. The molecule has 0 saturated heterocycles. The maximum atomic E-state index is 3.55. The molecule has 4 heteroatoms. The Morgan fingerprint density at radius 3 is 1.40 bits per heavy atom. The van der Waals surface area contributed by atoms with E-state index in [0.29, 0.717) is 0 Å². The van der Waals surface area contributed by atoms with Gasteiger partial charge in [-0.25, -0.2) is 0 Å². The molecule has 2 aliphatic carbocycles. The first kappa shape index (κ1) is 33.2. The van der Waals surface area contributed by atoms with E-state index in [0.717, 1.165) is 12.8 Å². The molecule has 4 nitrogen and oxygen atoms in total. The lowest BCUT2D eigenvalue weighted by Crippen LogP contribution is -1.82. The van der Waals surface area contributed by atoms with E-state index in [9.17, 15) is 0 Å². The van der Waals surface area contributed by atoms with Crippen LogP contribution in [0.15, 0.2) is 182 Å². The minimum Gasteiger partial charge on any atom is -0.355 e. The Balaban J connectivity index is 0.0000000926. The summed E-state index contributed by atoms with van der Waals surface area (Å²) in [6.07, 6.45) is 2.10. The summed E-state index contributed by atoms with van der Waals surface area (Å²) in [5.41, 5.74) is 21.1. The summed E-state index contributed by atoms with van der Waals surface area (Å²) in [4.78, 5) is 14.2. The van der Waals surface area contributed by atoms with Gasteiger partial charge in [-0.2, -0.15) is 0 Å². The van der Waals surface area contributed by atoms with Crippen LogP contribution in [0.2, 0.25) is 0 Å². The zero-order valence-electron chi connectivity index (χ0n) is 32.7. The predicted molar refractivity (Wildman–Crippen MR) is 253 cm³/mol. The minimum absolute atomic E-state index is 1.05. The van der Waals surface area contributed by atoms with Crippen molar-refractivity contribution in [1.82, 2.24) is 19.9 Å². The van der Waals surface area contributed by atoms with Crippen molar-refractivity contribution in [2.24, 2.45) is 0 Å². The van der Waals surface area contributed by atoms with Gasteiger partial charge in [0.2, 0.25) is 0 Å². The third-order valence-corrected chi connectivity index (χ3v) is 13.0. The van der Waals surface area contributed by atoms with Gasteiger partial charge in [0.25, 0.3) is 0 Å². The first-order valence-corrected chi connectivity index (χ1v) is 20.9. The SMILES string of the molecule is c1ccc2c(c1)Cc1c-2ccc2[nH]c3ccccc3c12.c1ccc2c(c1)Cc1cc3c(cc1-2)[nH]c1ccccc13.c1ccc2c(c1)[nH]c1c2ccc2c3ccccc3[nH]c21. The van der Waals surface area contributed by atoms with Crippen molar-refractivity contribution in [2.75, 3.05) is 0 Å². The van der Waals surface area contributed by atoms with E-state index in [4.69, 9.17) is 0 Å². The summed E-state index contributed by atoms with van der Waals surface area (Å²) in [5, 5.41) is 10.5. The molecule has 60 heavy (non-hydrogen) atoms. The fraction of sp³-hybridized carbons (Fsp3) is 0.0357. The Morgan fingerprint density at radius 2 is 0.750 bits per heavy atom. The summed E-state index contributed by atoms with van der Waals surface area (Å²) in [6.45, 7) is 0. The van der Waals surface area contributed by atoms with E-state index >= 15 is 0 Å². The number of hydrogen-bond acceptors (Lipinski definition) is 0. The zero-order chi connectivity index (χ0) is 39.3. The van der Waals surface area contributed by atoms with Crippen LogP contribution in [-0.4, -0.2) is 19.9 Å². The molecule has 4 aromatic heterocycles. The van der Waals surface area contributed by atoms with Crippen LogP contribution in [0.3, 0.4) is 0 Å². The van der Waals surface area contributed by atoms with Gasteiger partial charge in [0.1, 0.15) is 0 Å². The standard InChI is InChI=1S/2C19H13N.C18H12N2/c1-2-6-14-12(5-1)9-13-10-17-15-7-3-4-8-18(15)20-19(17)11-16(13)14;1-2-6-13-12(5-1)11-16-14(13)9-10-18-19(16)15-7-3-4-8-17(15)20-18;1-3-7-15-11(5-1)13-9-10-14-12-6-2-4-8-16(12)20-18(14)17(13)19-15/h1-8,10-11,20H,9H2;1-10,20H,11H2;1-10,19-20H. The average Bonchev–Trinajstić information content (AvgIpc) is 4.15. The van der Waals surface area contributed by atoms with Crippen LogP contribution in [0.1, 0.15) is 22.3 Å². The third-order valence-electron chi connectivity index (χ3n) is 13.0. The number of rotatable bonds is 0. The molecule has 282 valence electrons. The van der Waals surface area contributed by atoms with Gasteiger partial charge < -0.3 is 19.9 Å². The molecule has 4 heterocycles. The van der Waals surface area contributed by atoms with Crippen LogP contribution in [0.4, 0.5) is 0 Å². The molecule has 13 aromatic rings. The molecule has 0 fully saturated rings. The lowest BCUT2D eigenvalue weighted by Gasteiger charge is -2.02. The Labute approximate surface area is 345 Å². The molecule has 0 radical (unpaired) electrons. The molecule has 9 aromatic carbocycles. The molecule has 15 rings (SSSR count). The smallest absolute Gasteiger partial charge is 0.0710 e. The van der Waals surface area contributed by atoms with E-state index in [1.165, 1.54) is 132 Å². The van der Waals surface area contributed by atoms with E-state index in [2.05, 4.69) is 202 Å². The Bertz CT molecular complexity index is 3760. The highest BCUT2D eigenvalue weighted by atomic mass is 14.8. The lowest BCUT2D eigenvalue weighted by atomic mass is 10.0.